The molecule has 0 bridgehead atoms. The van der Waals surface area contributed by atoms with E-state index in [9.17, 15) is 18.1 Å². The Hall–Kier alpha value is -1.33. The molecule has 0 aromatic rings. The summed E-state index contributed by atoms with van der Waals surface area (Å²) in [6.07, 6.45) is 3.40. The average Bonchev–Trinajstić information content (AvgIpc) is 2.98. The van der Waals surface area contributed by atoms with Crippen molar-refractivity contribution >= 4 is 22.2 Å². The monoisotopic (exact) mass is 634 g/mol. The predicted octanol–water partition coefficient (Wildman–Crippen LogP) is 2.86. The van der Waals surface area contributed by atoms with Gasteiger partial charge in [0.05, 0.1) is 41.7 Å². The first-order valence-corrected chi connectivity index (χ1v) is 16.7. The molecule has 0 aromatic heterocycles. The van der Waals surface area contributed by atoms with Crippen molar-refractivity contribution < 1.29 is 42.2 Å². The van der Waals surface area contributed by atoms with Crippen molar-refractivity contribution in [3.05, 3.63) is 11.4 Å². The van der Waals surface area contributed by atoms with E-state index in [1.807, 2.05) is 0 Å². The topological polar surface area (TPSA) is 212 Å². The van der Waals surface area contributed by atoms with Gasteiger partial charge < -0.3 is 25.2 Å². The average molecular weight is 635 g/mol. The first-order valence-electron chi connectivity index (χ1n) is 14.3. The molecule has 4 aliphatic rings. The Balaban J connectivity index is 1.45. The molecule has 0 amide bonds. The molecule has 5 N–H and O–H groups in total. The molecule has 17 heteroatoms. The van der Waals surface area contributed by atoms with Crippen LogP contribution in [0.3, 0.4) is 0 Å². The molecule has 238 valence electrons. The van der Waals surface area contributed by atoms with E-state index in [1.165, 1.54) is 0 Å². The van der Waals surface area contributed by atoms with Gasteiger partial charge in [0, 0.05) is 58.0 Å². The molecule has 11 atom stereocenters. The number of rotatable bonds is 10. The summed E-state index contributed by atoms with van der Waals surface area (Å²) in [5, 5.41) is 40.6. The standard InChI is InChI=1S/C25H42N6O9S2/c1-27-14-4-6-15(7-5-14)28-29-18-11-21(38-3)19(12-20(18)37-2)30-31-24-22(41-40-39-33)8-13-9-23(42(34,35)36)17(26)10-16(13)25(24)32/h13-25,32-33H,4-12,26H2,2-3H3,(H,34,35,36). The van der Waals surface area contributed by atoms with Crippen LogP contribution >= 0.6 is 12.0 Å². The molecule has 0 spiro atoms. The number of hydrogen-bond acceptors (Lipinski definition) is 14. The second kappa shape index (κ2) is 15.1. The quantitative estimate of drug-likeness (QED) is 0.0685. The van der Waals surface area contributed by atoms with Gasteiger partial charge in [-0.15, -0.1) is 4.33 Å². The van der Waals surface area contributed by atoms with Crippen molar-refractivity contribution in [2.75, 3.05) is 14.2 Å². The molecular formula is C25H42N6O9S2. The minimum Gasteiger partial charge on any atom is -0.390 e. The number of methoxy groups -OCH3 is 2. The summed E-state index contributed by atoms with van der Waals surface area (Å²) in [6, 6.07) is -2.01. The fourth-order valence-electron chi connectivity index (χ4n) is 7.04. The summed E-state index contributed by atoms with van der Waals surface area (Å²) >= 11 is 0.766. The highest BCUT2D eigenvalue weighted by molar-refractivity contribution is 7.95. The molecule has 15 nitrogen and oxygen atoms in total. The van der Waals surface area contributed by atoms with Crippen molar-refractivity contribution in [3.8, 4) is 0 Å². The predicted molar refractivity (Wildman–Crippen MR) is 151 cm³/mol. The van der Waals surface area contributed by atoms with Crippen molar-refractivity contribution in [1.29, 1.82) is 0 Å². The van der Waals surface area contributed by atoms with Crippen molar-refractivity contribution in [1.82, 2.24) is 0 Å². The third-order valence-corrected chi connectivity index (χ3v) is 11.6. The van der Waals surface area contributed by atoms with Crippen LogP contribution in [0, 0.1) is 18.4 Å². The van der Waals surface area contributed by atoms with Gasteiger partial charge in [-0.3, -0.25) is 4.55 Å². The highest BCUT2D eigenvalue weighted by Crippen LogP contribution is 2.46. The Morgan fingerprint density at radius 1 is 0.929 bits per heavy atom. The maximum Gasteiger partial charge on any atom is 0.269 e. The number of ether oxygens (including phenoxy) is 2. The zero-order chi connectivity index (χ0) is 30.4. The van der Waals surface area contributed by atoms with Gasteiger partial charge in [0.1, 0.15) is 11.3 Å². The highest BCUT2D eigenvalue weighted by atomic mass is 32.2. The summed E-state index contributed by atoms with van der Waals surface area (Å²) in [4.78, 5) is 3.64. The molecule has 0 saturated heterocycles. The molecule has 42 heavy (non-hydrogen) atoms. The minimum atomic E-state index is -4.35. The molecule has 4 fully saturated rings. The molecular weight excluding hydrogens is 592 g/mol. The molecule has 4 saturated carbocycles. The first kappa shape index (κ1) is 33.6. The second-order valence-electron chi connectivity index (χ2n) is 11.8. The van der Waals surface area contributed by atoms with Gasteiger partial charge in [0.2, 0.25) is 6.04 Å². The van der Waals surface area contributed by atoms with Gasteiger partial charge in [0.15, 0.2) is 0 Å². The van der Waals surface area contributed by atoms with Crippen molar-refractivity contribution in [3.63, 3.8) is 0 Å². The van der Waals surface area contributed by atoms with Crippen LogP contribution in [-0.4, -0.2) is 103 Å². The molecule has 4 aliphatic carbocycles. The third kappa shape index (κ3) is 8.03. The summed E-state index contributed by atoms with van der Waals surface area (Å²) in [5.74, 6) is -0.639. The Labute approximate surface area is 250 Å². The maximum atomic E-state index is 11.9. The second-order valence-corrected chi connectivity index (χ2v) is 14.4. The SMILES string of the molecule is [C-]#[N+]C1CCC(N=NC2CC(OC)C(N=NC3C(SOOO)CC4CC(S(=O)(=O)O)C(N)CC4C3O)CC2OC)CC1. The lowest BCUT2D eigenvalue weighted by Gasteiger charge is -2.47. The van der Waals surface area contributed by atoms with E-state index in [0.29, 0.717) is 19.3 Å². The van der Waals surface area contributed by atoms with Crippen LogP contribution in [0.5, 0.6) is 0 Å². The Bertz CT molecular complexity index is 1080. The van der Waals surface area contributed by atoms with Gasteiger partial charge in [-0.25, -0.2) is 11.8 Å². The van der Waals surface area contributed by atoms with Crippen LogP contribution < -0.4 is 5.73 Å². The Morgan fingerprint density at radius 3 is 2.10 bits per heavy atom. The largest absolute Gasteiger partial charge is 0.390 e. The van der Waals surface area contributed by atoms with Crippen LogP contribution in [0.1, 0.15) is 57.8 Å². The minimum absolute atomic E-state index is 0.0830. The lowest BCUT2D eigenvalue weighted by Crippen LogP contribution is -2.57. The Morgan fingerprint density at radius 2 is 1.55 bits per heavy atom. The third-order valence-electron chi connectivity index (χ3n) is 9.43. The maximum absolute atomic E-state index is 11.9. The molecule has 11 unspecified atom stereocenters. The van der Waals surface area contributed by atoms with E-state index >= 15 is 0 Å². The summed E-state index contributed by atoms with van der Waals surface area (Å²) in [5.41, 5.74) is 6.10. The summed E-state index contributed by atoms with van der Waals surface area (Å²) < 4.78 is 49.6. The number of hydrogen-bond donors (Lipinski definition) is 4. The zero-order valence-corrected chi connectivity index (χ0v) is 25.4. The molecule has 0 aromatic carbocycles. The molecule has 0 aliphatic heterocycles. The van der Waals surface area contributed by atoms with E-state index in [0.717, 1.165) is 37.7 Å². The highest BCUT2D eigenvalue weighted by Gasteiger charge is 2.51. The van der Waals surface area contributed by atoms with Crippen LogP contribution in [0.25, 0.3) is 4.85 Å². The fourth-order valence-corrected chi connectivity index (χ4v) is 8.88. The van der Waals surface area contributed by atoms with Gasteiger partial charge in [-0.2, -0.15) is 28.9 Å². The van der Waals surface area contributed by atoms with E-state index in [-0.39, 0.29) is 61.1 Å². The summed E-state index contributed by atoms with van der Waals surface area (Å²) in [7, 11) is -1.14. The fraction of sp³-hybridized carbons (Fsp3) is 0.960. The van der Waals surface area contributed by atoms with Crippen molar-refractivity contribution in [2.24, 2.45) is 38.0 Å². The van der Waals surface area contributed by atoms with Gasteiger partial charge in [-0.1, -0.05) is 5.04 Å². The van der Waals surface area contributed by atoms with Crippen LogP contribution in [0.4, 0.5) is 0 Å². The number of fused-ring (bicyclic) bond motifs is 1. The van der Waals surface area contributed by atoms with Crippen LogP contribution in [0.15, 0.2) is 20.5 Å². The Kier molecular flexibility index (Phi) is 12.1. The van der Waals surface area contributed by atoms with Crippen LogP contribution in [-0.2, 0) is 29.0 Å². The smallest absolute Gasteiger partial charge is 0.269 e. The molecule has 4 rings (SSSR count). The van der Waals surface area contributed by atoms with E-state index in [2.05, 4.69) is 30.3 Å². The lowest BCUT2D eigenvalue weighted by atomic mass is 9.66. The van der Waals surface area contributed by atoms with E-state index in [1.54, 1.807) is 14.2 Å². The number of aliphatic hydroxyl groups excluding tert-OH is 1. The lowest BCUT2D eigenvalue weighted by molar-refractivity contribution is -0.432. The van der Waals surface area contributed by atoms with E-state index in [4.69, 9.17) is 31.4 Å². The van der Waals surface area contributed by atoms with Crippen LogP contribution in [0.2, 0.25) is 0 Å². The number of nitrogens with two attached hydrogens (primary N) is 1. The molecule has 0 heterocycles. The van der Waals surface area contributed by atoms with Gasteiger partial charge in [-0.05, 0) is 43.9 Å². The molecule has 0 radical (unpaired) electrons. The van der Waals surface area contributed by atoms with Crippen molar-refractivity contribution in [2.45, 2.75) is 123 Å². The number of nitrogens with zero attached hydrogens (tertiary/aromatic N) is 5. The normalized spacial score (nSPS) is 43.3. The van der Waals surface area contributed by atoms with E-state index < -0.39 is 38.8 Å². The number of aliphatic hydroxyl groups is 1. The number of azo groups is 2. The van der Waals surface area contributed by atoms with Gasteiger partial charge in [0.25, 0.3) is 10.1 Å². The first-order chi connectivity index (χ1) is 20.1. The zero-order valence-electron chi connectivity index (χ0n) is 23.8. The summed E-state index contributed by atoms with van der Waals surface area (Å²) in [6.45, 7) is 7.22. The van der Waals surface area contributed by atoms with Gasteiger partial charge >= 0.3 is 0 Å².